The maximum Gasteiger partial charge on any atom is 0.573 e. The highest BCUT2D eigenvalue weighted by Gasteiger charge is 2.43. The molecule has 0 unspecified atom stereocenters. The van der Waals surface area contributed by atoms with E-state index in [1.165, 1.54) is 30.5 Å². The molecule has 0 saturated carbocycles. The monoisotopic (exact) mass is 516 g/mol. The van der Waals surface area contributed by atoms with Gasteiger partial charge in [-0.25, -0.2) is 4.39 Å². The number of fused-ring (bicyclic) bond motifs is 2. The maximum absolute atomic E-state index is 14.7. The van der Waals surface area contributed by atoms with Crippen molar-refractivity contribution < 1.29 is 31.8 Å². The van der Waals surface area contributed by atoms with Gasteiger partial charge in [-0.05, 0) is 48.0 Å². The Morgan fingerprint density at radius 1 is 1.05 bits per heavy atom. The minimum Gasteiger partial charge on any atom is -0.491 e. The topological polar surface area (TPSA) is 126 Å². The number of amides is 1. The van der Waals surface area contributed by atoms with E-state index >= 15 is 0 Å². The van der Waals surface area contributed by atoms with Gasteiger partial charge in [-0.3, -0.25) is 19.4 Å². The van der Waals surface area contributed by atoms with Crippen molar-refractivity contribution in [1.82, 2.24) is 20.3 Å². The number of carbonyl (C=O) groups is 1. The number of pyridine rings is 1. The number of aromatic nitrogens is 3. The zero-order chi connectivity index (χ0) is 26.4. The molecule has 5 rings (SSSR count). The molecule has 9 nitrogen and oxygen atoms in total. The van der Waals surface area contributed by atoms with Gasteiger partial charge in [-0.15, -0.1) is 13.2 Å². The number of hydrogen-bond donors (Lipinski definition) is 3. The lowest BCUT2D eigenvalue weighted by molar-refractivity contribution is -0.275. The summed E-state index contributed by atoms with van der Waals surface area (Å²) in [4.78, 5) is 45.8. The van der Waals surface area contributed by atoms with Crippen LogP contribution in [0.3, 0.4) is 0 Å². The molecular formula is C24H16F4N4O5. The molecular weight excluding hydrogens is 500 g/mol. The highest BCUT2D eigenvalue weighted by atomic mass is 19.4. The second kappa shape index (κ2) is 8.76. The molecule has 1 aliphatic rings. The van der Waals surface area contributed by atoms with Gasteiger partial charge in [0.1, 0.15) is 17.0 Å². The van der Waals surface area contributed by atoms with Crippen molar-refractivity contribution in [3.05, 3.63) is 98.1 Å². The largest absolute Gasteiger partial charge is 0.573 e. The van der Waals surface area contributed by atoms with Crippen LogP contribution in [0.1, 0.15) is 28.0 Å². The van der Waals surface area contributed by atoms with Crippen molar-refractivity contribution in [2.45, 2.75) is 18.3 Å². The molecule has 1 aliphatic heterocycles. The number of H-pyrrole nitrogens is 2. The number of hydrogen-bond acceptors (Lipinski definition) is 6. The van der Waals surface area contributed by atoms with Crippen molar-refractivity contribution >= 4 is 16.9 Å². The Kier molecular flexibility index (Phi) is 5.69. The molecule has 0 fully saturated rings. The summed E-state index contributed by atoms with van der Waals surface area (Å²) in [5, 5.41) is 2.83. The summed E-state index contributed by atoms with van der Waals surface area (Å²) in [6, 6.07) is 10.2. The van der Waals surface area contributed by atoms with Crippen LogP contribution in [0.4, 0.5) is 17.6 Å². The van der Waals surface area contributed by atoms with Crippen molar-refractivity contribution in [2.75, 3.05) is 6.61 Å². The zero-order valence-electron chi connectivity index (χ0n) is 18.6. The molecule has 0 radical (unpaired) electrons. The Morgan fingerprint density at radius 3 is 2.54 bits per heavy atom. The molecule has 3 N–H and O–H groups in total. The fourth-order valence-electron chi connectivity index (χ4n) is 4.23. The highest BCUT2D eigenvalue weighted by molar-refractivity contribution is 5.98. The lowest BCUT2D eigenvalue weighted by Crippen LogP contribution is -2.50. The van der Waals surface area contributed by atoms with E-state index in [4.69, 9.17) is 4.74 Å². The third kappa shape index (κ3) is 4.50. The van der Waals surface area contributed by atoms with E-state index < -0.39 is 40.5 Å². The smallest absolute Gasteiger partial charge is 0.491 e. The fourth-order valence-corrected chi connectivity index (χ4v) is 4.23. The Morgan fingerprint density at radius 2 is 1.81 bits per heavy atom. The third-order valence-corrected chi connectivity index (χ3v) is 5.87. The van der Waals surface area contributed by atoms with Gasteiger partial charge >= 0.3 is 17.5 Å². The van der Waals surface area contributed by atoms with Crippen LogP contribution < -0.4 is 25.9 Å². The number of halogens is 4. The van der Waals surface area contributed by atoms with Crippen LogP contribution >= 0.6 is 0 Å². The Labute approximate surface area is 204 Å². The van der Waals surface area contributed by atoms with E-state index in [0.29, 0.717) is 5.75 Å². The minimum absolute atomic E-state index is 0.0689. The van der Waals surface area contributed by atoms with Gasteiger partial charge in [0.25, 0.3) is 5.91 Å². The predicted molar refractivity (Wildman–Crippen MR) is 121 cm³/mol. The number of alkyl halides is 3. The first-order valence-electron chi connectivity index (χ1n) is 10.8. The Bertz CT molecular complexity index is 1650. The van der Waals surface area contributed by atoms with Gasteiger partial charge in [0.05, 0.1) is 17.6 Å². The molecule has 0 bridgehead atoms. The summed E-state index contributed by atoms with van der Waals surface area (Å²) in [6.45, 7) is 0.0771. The number of nitrogens with zero attached hydrogens (tertiary/aromatic N) is 1. The number of aromatic amines is 2. The second-order valence-corrected chi connectivity index (χ2v) is 8.17. The summed E-state index contributed by atoms with van der Waals surface area (Å²) in [6.07, 6.45) is -3.59. The lowest BCUT2D eigenvalue weighted by atomic mass is 9.81. The van der Waals surface area contributed by atoms with Crippen molar-refractivity contribution in [2.24, 2.45) is 0 Å². The molecule has 1 amide bonds. The molecule has 190 valence electrons. The number of nitrogens with one attached hydrogen (secondary N) is 3. The first-order valence-corrected chi connectivity index (χ1v) is 10.8. The van der Waals surface area contributed by atoms with Gasteiger partial charge in [0, 0.05) is 18.2 Å². The van der Waals surface area contributed by atoms with Gasteiger partial charge < -0.3 is 24.8 Å². The van der Waals surface area contributed by atoms with Crippen molar-refractivity contribution in [1.29, 1.82) is 0 Å². The van der Waals surface area contributed by atoms with Crippen LogP contribution in [-0.4, -0.2) is 33.8 Å². The van der Waals surface area contributed by atoms with E-state index in [0.717, 1.165) is 12.1 Å². The first-order chi connectivity index (χ1) is 17.6. The lowest BCUT2D eigenvalue weighted by Gasteiger charge is -2.39. The van der Waals surface area contributed by atoms with Gasteiger partial charge in [-0.2, -0.15) is 0 Å². The van der Waals surface area contributed by atoms with Crippen LogP contribution in [0.15, 0.2) is 64.3 Å². The van der Waals surface area contributed by atoms with Crippen molar-refractivity contribution in [3.8, 4) is 11.5 Å². The van der Waals surface area contributed by atoms with E-state index in [9.17, 15) is 31.9 Å². The molecule has 13 heteroatoms. The molecule has 3 heterocycles. The second-order valence-electron chi connectivity index (χ2n) is 8.17. The fraction of sp³-hybridized carbons (Fsp3) is 0.167. The summed E-state index contributed by atoms with van der Waals surface area (Å²) in [5.41, 5.74) is -2.36. The Hall–Kier alpha value is -4.68. The van der Waals surface area contributed by atoms with Crippen LogP contribution in [-0.2, 0) is 5.54 Å². The van der Waals surface area contributed by atoms with Gasteiger partial charge in [0.2, 0.25) is 0 Å². The number of carbonyl (C=O) groups excluding carboxylic acids is 1. The summed E-state index contributed by atoms with van der Waals surface area (Å²) in [7, 11) is 0. The quantitative estimate of drug-likeness (QED) is 0.283. The molecule has 2 aromatic carbocycles. The average Bonchev–Trinajstić information content (AvgIpc) is 2.85. The number of ether oxygens (including phenoxy) is 2. The van der Waals surface area contributed by atoms with E-state index in [1.54, 1.807) is 12.1 Å². The zero-order valence-corrected chi connectivity index (χ0v) is 18.6. The van der Waals surface area contributed by atoms with Crippen LogP contribution in [0.5, 0.6) is 11.5 Å². The van der Waals surface area contributed by atoms with Crippen LogP contribution in [0.2, 0.25) is 0 Å². The van der Waals surface area contributed by atoms with E-state index in [1.807, 2.05) is 0 Å². The van der Waals surface area contributed by atoms with Crippen LogP contribution in [0.25, 0.3) is 11.0 Å². The molecule has 0 saturated heterocycles. The van der Waals surface area contributed by atoms with Gasteiger partial charge in [0.15, 0.2) is 11.6 Å². The highest BCUT2D eigenvalue weighted by Crippen LogP contribution is 2.42. The predicted octanol–water partition coefficient (Wildman–Crippen LogP) is 3.11. The van der Waals surface area contributed by atoms with E-state index in [2.05, 4.69) is 25.0 Å². The molecule has 1 atom stereocenters. The number of benzene rings is 2. The third-order valence-electron chi connectivity index (χ3n) is 5.87. The summed E-state index contributed by atoms with van der Waals surface area (Å²) < 4.78 is 62.1. The molecule has 0 spiro atoms. The number of rotatable bonds is 4. The van der Waals surface area contributed by atoms with E-state index in [-0.39, 0.29) is 40.9 Å². The molecule has 4 aromatic rings. The minimum atomic E-state index is -5.09. The summed E-state index contributed by atoms with van der Waals surface area (Å²) >= 11 is 0. The average molecular weight is 516 g/mol. The van der Waals surface area contributed by atoms with Crippen LogP contribution in [0, 0.1) is 5.82 Å². The molecule has 0 aliphatic carbocycles. The molecule has 2 aromatic heterocycles. The first kappa shape index (κ1) is 24.0. The Balaban J connectivity index is 1.60. The maximum atomic E-state index is 14.7. The van der Waals surface area contributed by atoms with Gasteiger partial charge in [-0.1, -0.05) is 6.07 Å². The molecule has 37 heavy (non-hydrogen) atoms. The standard InChI is InChI=1S/C24H16F4N4O5/c25-14-11-13(4-6-17(14)37-24(26,27)28)23(7-9-36-18-2-1-8-29-19(18)23)32-20(33)12-3-5-15-16(10-12)31-22(35)21(34)30-15/h1-6,8,10-11H,7,9H2,(H,30,34)(H,31,35)(H,32,33)/t23-/m0/s1. The van der Waals surface area contributed by atoms with Crippen molar-refractivity contribution in [3.63, 3.8) is 0 Å². The SMILES string of the molecule is O=C(N[C@]1(c2ccc(OC(F)(F)F)c(F)c2)CCOc2cccnc21)c1ccc2[nH]c(=O)c(=O)[nH]c2c1. The summed E-state index contributed by atoms with van der Waals surface area (Å²) in [5.74, 6) is -2.69. The normalized spacial score (nSPS) is 17.1.